The lowest BCUT2D eigenvalue weighted by Gasteiger charge is -2.29. The van der Waals surface area contributed by atoms with Crippen molar-refractivity contribution in [2.45, 2.75) is 19.3 Å². The van der Waals surface area contributed by atoms with Crippen LogP contribution in [0.4, 0.5) is 17.1 Å². The molecule has 3 nitrogen and oxygen atoms in total. The van der Waals surface area contributed by atoms with Gasteiger partial charge in [0.05, 0.1) is 5.69 Å². The summed E-state index contributed by atoms with van der Waals surface area (Å²) < 4.78 is 13.6. The van der Waals surface area contributed by atoms with E-state index in [2.05, 4.69) is 189 Å². The third kappa shape index (κ3) is 4.80. The monoisotopic (exact) mass is 743 g/mol. The van der Waals surface area contributed by atoms with Crippen LogP contribution >= 0.6 is 0 Å². The summed E-state index contributed by atoms with van der Waals surface area (Å²) >= 11 is 0. The molecule has 9 aromatic carbocycles. The smallest absolute Gasteiger partial charge is 0.159 e. The van der Waals surface area contributed by atoms with Crippen LogP contribution < -0.4 is 4.90 Å². The molecule has 0 saturated heterocycles. The average Bonchev–Trinajstić information content (AvgIpc) is 3.91. The SMILES string of the molecule is CC1(C)c2ccccc2-c2ccc(N(c3ccc(-c4ccccc4)cc3)c3cc(-c4cccc5ccccc45)cc4c3oc3ccc5oc6ccccc6c5c34)cc21. The van der Waals surface area contributed by atoms with Crippen molar-refractivity contribution in [3.8, 4) is 33.4 Å². The second-order valence-corrected chi connectivity index (χ2v) is 16.1. The Kier molecular flexibility index (Phi) is 6.98. The molecule has 1 aliphatic carbocycles. The van der Waals surface area contributed by atoms with Crippen LogP contribution in [0.25, 0.3) is 88.0 Å². The van der Waals surface area contributed by atoms with Crippen molar-refractivity contribution in [2.75, 3.05) is 4.90 Å². The van der Waals surface area contributed by atoms with Gasteiger partial charge in [0.1, 0.15) is 16.7 Å². The molecule has 0 fully saturated rings. The molecule has 0 unspecified atom stereocenters. The maximum atomic E-state index is 7.11. The van der Waals surface area contributed by atoms with Crippen LogP contribution in [0.2, 0.25) is 0 Å². The van der Waals surface area contributed by atoms with Gasteiger partial charge in [-0.25, -0.2) is 0 Å². The van der Waals surface area contributed by atoms with Crippen molar-refractivity contribution in [1.82, 2.24) is 0 Å². The van der Waals surface area contributed by atoms with Crippen molar-refractivity contribution in [3.05, 3.63) is 199 Å². The Morgan fingerprint density at radius 1 is 0.397 bits per heavy atom. The molecule has 0 N–H and O–H groups in total. The molecule has 58 heavy (non-hydrogen) atoms. The maximum absolute atomic E-state index is 7.11. The largest absolute Gasteiger partial charge is 0.456 e. The first-order valence-electron chi connectivity index (χ1n) is 20.0. The van der Waals surface area contributed by atoms with Gasteiger partial charge in [-0.1, -0.05) is 147 Å². The fourth-order valence-electron chi connectivity index (χ4n) is 9.66. The number of rotatable bonds is 5. The molecule has 0 atom stereocenters. The lowest BCUT2D eigenvalue weighted by molar-refractivity contribution is 0.660. The summed E-state index contributed by atoms with van der Waals surface area (Å²) in [7, 11) is 0. The minimum Gasteiger partial charge on any atom is -0.456 e. The maximum Gasteiger partial charge on any atom is 0.159 e. The topological polar surface area (TPSA) is 29.5 Å². The van der Waals surface area contributed by atoms with Crippen LogP contribution in [0.5, 0.6) is 0 Å². The Morgan fingerprint density at radius 3 is 1.90 bits per heavy atom. The molecule has 0 radical (unpaired) electrons. The second kappa shape index (κ2) is 12.3. The highest BCUT2D eigenvalue weighted by molar-refractivity contribution is 6.27. The second-order valence-electron chi connectivity index (χ2n) is 16.1. The van der Waals surface area contributed by atoms with Gasteiger partial charge < -0.3 is 13.7 Å². The fourth-order valence-corrected chi connectivity index (χ4v) is 9.66. The summed E-state index contributed by atoms with van der Waals surface area (Å²) in [4.78, 5) is 2.40. The summed E-state index contributed by atoms with van der Waals surface area (Å²) in [5.41, 5.74) is 16.2. The summed E-state index contributed by atoms with van der Waals surface area (Å²) in [6.45, 7) is 4.69. The van der Waals surface area contributed by atoms with E-state index < -0.39 is 0 Å². The summed E-state index contributed by atoms with van der Waals surface area (Å²) in [6.07, 6.45) is 0. The first-order valence-corrected chi connectivity index (χ1v) is 20.0. The molecule has 0 saturated carbocycles. The Bertz CT molecular complexity index is 3420. The number of hydrogen-bond donors (Lipinski definition) is 0. The van der Waals surface area contributed by atoms with Crippen LogP contribution in [-0.2, 0) is 5.41 Å². The van der Waals surface area contributed by atoms with Gasteiger partial charge in [-0.2, -0.15) is 0 Å². The number of anilines is 3. The van der Waals surface area contributed by atoms with Crippen molar-refractivity contribution < 1.29 is 8.83 Å². The third-order valence-electron chi connectivity index (χ3n) is 12.5. The first kappa shape index (κ1) is 32.8. The number of hydrogen-bond acceptors (Lipinski definition) is 3. The molecular weight excluding hydrogens is 707 g/mol. The van der Waals surface area contributed by atoms with E-state index in [0.717, 1.165) is 66.5 Å². The standard InChI is InChI=1S/C55H37NO2/c1-55(2)46-21-10-8-18-42(46)43-28-27-39(33-47(43)55)56(38-25-23-35(24-26-38)34-13-4-3-5-14-34)48-32-37(41-20-12-16-36-15-6-7-17-40(36)41)31-45-53-51(58-54(45)48)30-29-50-52(53)44-19-9-11-22-49(44)57-50/h3-33H,1-2H3. The van der Waals surface area contributed by atoms with Gasteiger partial charge in [0, 0.05) is 38.3 Å². The number of furan rings is 2. The Labute approximate surface area is 336 Å². The molecule has 3 heteroatoms. The van der Waals surface area contributed by atoms with Crippen LogP contribution in [0, 0.1) is 0 Å². The summed E-state index contributed by atoms with van der Waals surface area (Å²) in [6, 6.07) is 67.7. The molecule has 11 aromatic rings. The molecule has 12 rings (SSSR count). The normalized spacial score (nSPS) is 13.1. The number of nitrogens with zero attached hydrogens (tertiary/aromatic N) is 1. The predicted molar refractivity (Wildman–Crippen MR) is 242 cm³/mol. The fraction of sp³-hybridized carbons (Fsp3) is 0.0545. The molecule has 0 aliphatic heterocycles. The van der Waals surface area contributed by atoms with Gasteiger partial charge in [-0.05, 0) is 110 Å². The van der Waals surface area contributed by atoms with Crippen molar-refractivity contribution >= 4 is 71.7 Å². The van der Waals surface area contributed by atoms with Crippen molar-refractivity contribution in [1.29, 1.82) is 0 Å². The highest BCUT2D eigenvalue weighted by Gasteiger charge is 2.36. The Balaban J connectivity index is 1.18. The highest BCUT2D eigenvalue weighted by Crippen LogP contribution is 2.52. The van der Waals surface area contributed by atoms with E-state index in [1.165, 1.54) is 49.7 Å². The van der Waals surface area contributed by atoms with E-state index in [4.69, 9.17) is 8.83 Å². The first-order chi connectivity index (χ1) is 28.5. The van der Waals surface area contributed by atoms with Crippen LogP contribution in [0.15, 0.2) is 197 Å². The summed E-state index contributed by atoms with van der Waals surface area (Å²) in [5.74, 6) is 0. The molecule has 2 heterocycles. The molecule has 2 aromatic heterocycles. The van der Waals surface area contributed by atoms with Crippen LogP contribution in [0.3, 0.4) is 0 Å². The van der Waals surface area contributed by atoms with Gasteiger partial charge in [0.2, 0.25) is 0 Å². The zero-order chi connectivity index (χ0) is 38.5. The summed E-state index contributed by atoms with van der Waals surface area (Å²) in [5, 5.41) is 6.67. The third-order valence-corrected chi connectivity index (χ3v) is 12.5. The molecule has 0 spiro atoms. The average molecular weight is 744 g/mol. The van der Waals surface area contributed by atoms with E-state index >= 15 is 0 Å². The van der Waals surface area contributed by atoms with E-state index in [-0.39, 0.29) is 5.41 Å². The van der Waals surface area contributed by atoms with Crippen molar-refractivity contribution in [3.63, 3.8) is 0 Å². The molecule has 0 bridgehead atoms. The quantitative estimate of drug-likeness (QED) is 0.176. The predicted octanol–water partition coefficient (Wildman–Crippen LogP) is 15.7. The minimum absolute atomic E-state index is 0.168. The molecule has 1 aliphatic rings. The van der Waals surface area contributed by atoms with Gasteiger partial charge in [0.25, 0.3) is 0 Å². The minimum atomic E-state index is -0.168. The number of benzene rings is 9. The number of para-hydroxylation sites is 1. The van der Waals surface area contributed by atoms with Gasteiger partial charge in [0.15, 0.2) is 5.58 Å². The zero-order valence-electron chi connectivity index (χ0n) is 32.2. The van der Waals surface area contributed by atoms with Crippen LogP contribution in [-0.4, -0.2) is 0 Å². The van der Waals surface area contributed by atoms with E-state index in [0.29, 0.717) is 0 Å². The van der Waals surface area contributed by atoms with Gasteiger partial charge in [-0.3, -0.25) is 0 Å². The van der Waals surface area contributed by atoms with Crippen LogP contribution in [0.1, 0.15) is 25.0 Å². The lowest BCUT2D eigenvalue weighted by atomic mass is 9.82. The van der Waals surface area contributed by atoms with E-state index in [1.807, 2.05) is 18.2 Å². The number of fused-ring (bicyclic) bond motifs is 11. The van der Waals surface area contributed by atoms with Crippen molar-refractivity contribution in [2.24, 2.45) is 0 Å². The molecule has 274 valence electrons. The molecule has 0 amide bonds. The zero-order valence-corrected chi connectivity index (χ0v) is 32.2. The lowest BCUT2D eigenvalue weighted by Crippen LogP contribution is -2.16. The van der Waals surface area contributed by atoms with Gasteiger partial charge in [-0.15, -0.1) is 0 Å². The van der Waals surface area contributed by atoms with Gasteiger partial charge >= 0.3 is 0 Å². The van der Waals surface area contributed by atoms with E-state index in [9.17, 15) is 0 Å². The Morgan fingerprint density at radius 2 is 1.03 bits per heavy atom. The Hall–Kier alpha value is -7.36. The molecular formula is C55H37NO2. The van der Waals surface area contributed by atoms with E-state index in [1.54, 1.807) is 0 Å². The highest BCUT2D eigenvalue weighted by atomic mass is 16.3.